The molecule has 0 bridgehead atoms. The van der Waals surface area contributed by atoms with Gasteiger partial charge in [-0.2, -0.15) is 5.10 Å². The molecule has 5 heteroatoms. The first-order valence-corrected chi connectivity index (χ1v) is 7.22. The maximum Gasteiger partial charge on any atom is 0.151 e. The molecule has 3 heterocycles. The highest BCUT2D eigenvalue weighted by atomic mass is 32.1. The summed E-state index contributed by atoms with van der Waals surface area (Å²) in [7, 11) is 0. The molecule has 0 unspecified atom stereocenters. The van der Waals surface area contributed by atoms with Crippen molar-refractivity contribution in [2.24, 2.45) is 5.73 Å². The van der Waals surface area contributed by atoms with E-state index in [1.165, 1.54) is 10.4 Å². The van der Waals surface area contributed by atoms with Crippen molar-refractivity contribution >= 4 is 17.2 Å². The summed E-state index contributed by atoms with van der Waals surface area (Å²) in [4.78, 5) is 3.59. The minimum absolute atomic E-state index is 0.360. The van der Waals surface area contributed by atoms with Crippen LogP contribution in [0.25, 0.3) is 10.6 Å². The van der Waals surface area contributed by atoms with Crippen molar-refractivity contribution in [1.29, 1.82) is 0 Å². The number of piperidine rings is 1. The lowest BCUT2D eigenvalue weighted by atomic mass is 10.1. The van der Waals surface area contributed by atoms with Crippen LogP contribution in [0.3, 0.4) is 0 Å². The lowest BCUT2D eigenvalue weighted by Gasteiger charge is -2.29. The molecular weight excluding hydrogens is 244 g/mol. The summed E-state index contributed by atoms with van der Waals surface area (Å²) in [6.45, 7) is 4.15. The van der Waals surface area contributed by atoms with Crippen LogP contribution in [0.5, 0.6) is 0 Å². The van der Waals surface area contributed by atoms with Crippen LogP contribution >= 0.6 is 11.3 Å². The molecule has 1 saturated heterocycles. The largest absolute Gasteiger partial charge is 0.355 e. The van der Waals surface area contributed by atoms with Crippen molar-refractivity contribution in [1.82, 2.24) is 10.2 Å². The van der Waals surface area contributed by atoms with Gasteiger partial charge in [0, 0.05) is 25.2 Å². The van der Waals surface area contributed by atoms with E-state index in [0.29, 0.717) is 6.04 Å². The molecule has 96 valence electrons. The van der Waals surface area contributed by atoms with Crippen LogP contribution in [-0.2, 0) is 0 Å². The summed E-state index contributed by atoms with van der Waals surface area (Å²) in [6.07, 6.45) is 2.11. The molecule has 1 fully saturated rings. The predicted molar refractivity (Wildman–Crippen MR) is 76.1 cm³/mol. The second-order valence-corrected chi connectivity index (χ2v) is 5.81. The van der Waals surface area contributed by atoms with E-state index in [1.54, 1.807) is 11.3 Å². The molecule has 0 aliphatic carbocycles. The molecule has 1 aliphatic rings. The summed E-state index contributed by atoms with van der Waals surface area (Å²) in [5.41, 5.74) is 8.34. The number of nitrogens with one attached hydrogen (secondary N) is 1. The Balaban J connectivity index is 1.80. The average Bonchev–Trinajstić information content (AvgIpc) is 2.98. The van der Waals surface area contributed by atoms with Crippen molar-refractivity contribution < 1.29 is 0 Å². The fraction of sp³-hybridized carbons (Fsp3) is 0.462. The van der Waals surface area contributed by atoms with Gasteiger partial charge >= 0.3 is 0 Å². The maximum atomic E-state index is 5.92. The SMILES string of the molecule is Cc1ccsc1-c1cc(N2CCC(N)CC2)n[nH]1. The molecule has 1 aliphatic heterocycles. The lowest BCUT2D eigenvalue weighted by molar-refractivity contribution is 0.498. The number of hydrogen-bond acceptors (Lipinski definition) is 4. The highest BCUT2D eigenvalue weighted by Crippen LogP contribution is 2.30. The Morgan fingerprint density at radius 3 is 2.89 bits per heavy atom. The van der Waals surface area contributed by atoms with Crippen LogP contribution in [-0.4, -0.2) is 29.3 Å². The smallest absolute Gasteiger partial charge is 0.151 e. The third kappa shape index (κ3) is 2.15. The Kier molecular flexibility index (Phi) is 3.09. The fourth-order valence-corrected chi connectivity index (χ4v) is 3.26. The molecule has 0 radical (unpaired) electrons. The number of aryl methyl sites for hydroxylation is 1. The van der Waals surface area contributed by atoms with E-state index >= 15 is 0 Å². The van der Waals surface area contributed by atoms with Gasteiger partial charge in [0.25, 0.3) is 0 Å². The summed E-state index contributed by atoms with van der Waals surface area (Å²) >= 11 is 1.75. The van der Waals surface area contributed by atoms with Crippen LogP contribution in [0.1, 0.15) is 18.4 Å². The van der Waals surface area contributed by atoms with Gasteiger partial charge in [-0.1, -0.05) is 0 Å². The number of nitrogens with zero attached hydrogens (tertiary/aromatic N) is 2. The second-order valence-electron chi connectivity index (χ2n) is 4.90. The lowest BCUT2D eigenvalue weighted by Crippen LogP contribution is -2.39. The zero-order valence-corrected chi connectivity index (χ0v) is 11.3. The number of H-pyrrole nitrogens is 1. The van der Waals surface area contributed by atoms with E-state index in [2.05, 4.69) is 39.5 Å². The quantitative estimate of drug-likeness (QED) is 0.873. The molecule has 4 nitrogen and oxygen atoms in total. The van der Waals surface area contributed by atoms with Crippen LogP contribution < -0.4 is 10.6 Å². The van der Waals surface area contributed by atoms with E-state index in [0.717, 1.165) is 37.4 Å². The van der Waals surface area contributed by atoms with E-state index in [-0.39, 0.29) is 0 Å². The molecule has 0 spiro atoms. The second kappa shape index (κ2) is 4.74. The number of anilines is 1. The van der Waals surface area contributed by atoms with Crippen molar-refractivity contribution in [2.75, 3.05) is 18.0 Å². The third-order valence-corrected chi connectivity index (χ3v) is 4.58. The van der Waals surface area contributed by atoms with Crippen LogP contribution in [0.2, 0.25) is 0 Å². The Hall–Kier alpha value is -1.33. The van der Waals surface area contributed by atoms with Gasteiger partial charge in [-0.3, -0.25) is 5.10 Å². The molecule has 0 saturated carbocycles. The monoisotopic (exact) mass is 262 g/mol. The molecule has 2 aromatic heterocycles. The molecule has 0 atom stereocenters. The summed E-state index contributed by atoms with van der Waals surface area (Å²) in [5, 5.41) is 9.69. The van der Waals surface area contributed by atoms with Gasteiger partial charge in [-0.25, -0.2) is 0 Å². The van der Waals surface area contributed by atoms with Gasteiger partial charge in [-0.15, -0.1) is 11.3 Å². The van der Waals surface area contributed by atoms with Gasteiger partial charge < -0.3 is 10.6 Å². The van der Waals surface area contributed by atoms with Gasteiger partial charge in [0.15, 0.2) is 5.82 Å². The Bertz CT molecular complexity index is 523. The number of nitrogens with two attached hydrogens (primary N) is 1. The van der Waals surface area contributed by atoms with Gasteiger partial charge in [0.05, 0.1) is 10.6 Å². The highest BCUT2D eigenvalue weighted by molar-refractivity contribution is 7.13. The van der Waals surface area contributed by atoms with Gasteiger partial charge in [0.2, 0.25) is 0 Å². The number of aromatic nitrogens is 2. The minimum Gasteiger partial charge on any atom is -0.355 e. The minimum atomic E-state index is 0.360. The van der Waals surface area contributed by atoms with Gasteiger partial charge in [0.1, 0.15) is 0 Å². The topological polar surface area (TPSA) is 57.9 Å². The summed E-state index contributed by atoms with van der Waals surface area (Å²) in [5.74, 6) is 1.05. The van der Waals surface area contributed by atoms with E-state index in [4.69, 9.17) is 5.73 Å². The van der Waals surface area contributed by atoms with Crippen LogP contribution in [0.15, 0.2) is 17.5 Å². The van der Waals surface area contributed by atoms with Crippen LogP contribution in [0, 0.1) is 6.92 Å². The molecule has 3 N–H and O–H groups in total. The van der Waals surface area contributed by atoms with E-state index < -0.39 is 0 Å². The van der Waals surface area contributed by atoms with Crippen molar-refractivity contribution in [3.8, 4) is 10.6 Å². The first-order valence-electron chi connectivity index (χ1n) is 6.34. The predicted octanol–water partition coefficient (Wildman–Crippen LogP) is 2.37. The van der Waals surface area contributed by atoms with Crippen LogP contribution in [0.4, 0.5) is 5.82 Å². The number of thiophene rings is 1. The number of hydrogen-bond donors (Lipinski definition) is 2. The molecule has 2 aromatic rings. The first-order chi connectivity index (χ1) is 8.74. The first kappa shape index (κ1) is 11.7. The normalized spacial score (nSPS) is 17.3. The number of aromatic amines is 1. The number of rotatable bonds is 2. The van der Waals surface area contributed by atoms with E-state index in [9.17, 15) is 0 Å². The molecule has 3 rings (SSSR count). The van der Waals surface area contributed by atoms with Gasteiger partial charge in [-0.05, 0) is 36.8 Å². The molecule has 0 amide bonds. The maximum absolute atomic E-state index is 5.92. The molecule has 18 heavy (non-hydrogen) atoms. The standard InChI is InChI=1S/C13H18N4S/c1-9-4-7-18-13(9)11-8-12(16-15-11)17-5-2-10(14)3-6-17/h4,7-8,10H,2-3,5-6,14H2,1H3,(H,15,16). The Labute approximate surface area is 111 Å². The molecular formula is C13H18N4S. The Morgan fingerprint density at radius 1 is 1.44 bits per heavy atom. The Morgan fingerprint density at radius 2 is 2.22 bits per heavy atom. The fourth-order valence-electron chi connectivity index (χ4n) is 2.37. The van der Waals surface area contributed by atoms with Crippen molar-refractivity contribution in [3.63, 3.8) is 0 Å². The van der Waals surface area contributed by atoms with Crippen molar-refractivity contribution in [3.05, 3.63) is 23.1 Å². The average molecular weight is 262 g/mol. The van der Waals surface area contributed by atoms with Crippen molar-refractivity contribution in [2.45, 2.75) is 25.8 Å². The highest BCUT2D eigenvalue weighted by Gasteiger charge is 2.19. The third-order valence-electron chi connectivity index (χ3n) is 3.53. The zero-order chi connectivity index (χ0) is 12.5. The summed E-state index contributed by atoms with van der Waals surface area (Å²) < 4.78 is 0. The summed E-state index contributed by atoms with van der Waals surface area (Å²) in [6, 6.07) is 4.65. The molecule has 0 aromatic carbocycles. The van der Waals surface area contributed by atoms with E-state index in [1.807, 2.05) is 0 Å². The zero-order valence-electron chi connectivity index (χ0n) is 10.5.